The lowest BCUT2D eigenvalue weighted by molar-refractivity contribution is 0.0978. The van der Waals surface area contributed by atoms with Crippen LogP contribution in [0, 0.1) is 0 Å². The molecule has 1 N–H and O–H groups in total. The van der Waals surface area contributed by atoms with Crippen LogP contribution in [0.2, 0.25) is 0 Å². The third kappa shape index (κ3) is 5.81. The lowest BCUT2D eigenvalue weighted by Gasteiger charge is -2.10. The minimum atomic E-state index is 0.599. The van der Waals surface area contributed by atoms with Crippen LogP contribution in [0.5, 0.6) is 5.75 Å². The van der Waals surface area contributed by atoms with E-state index in [9.17, 15) is 0 Å². The first-order chi connectivity index (χ1) is 9.79. The quantitative estimate of drug-likeness (QED) is 0.654. The highest BCUT2D eigenvalue weighted by Crippen LogP contribution is 2.26. The summed E-state index contributed by atoms with van der Waals surface area (Å²) >= 11 is 3.57. The first kappa shape index (κ1) is 15.8. The summed E-state index contributed by atoms with van der Waals surface area (Å²) in [5.74, 6) is 0.888. The zero-order valence-electron chi connectivity index (χ0n) is 12.2. The number of benzene rings is 1. The van der Waals surface area contributed by atoms with Crippen LogP contribution in [0.4, 0.5) is 0 Å². The maximum atomic E-state index is 5.72. The minimum absolute atomic E-state index is 0.599. The van der Waals surface area contributed by atoms with Gasteiger partial charge in [0.15, 0.2) is 0 Å². The molecule has 1 aliphatic rings. The molecule has 1 aliphatic carbocycles. The molecule has 3 nitrogen and oxygen atoms in total. The summed E-state index contributed by atoms with van der Waals surface area (Å²) in [5, 5.41) is 3.51. The summed E-state index contributed by atoms with van der Waals surface area (Å²) in [6, 6.07) is 7.01. The maximum absolute atomic E-state index is 5.72. The molecule has 0 unspecified atom stereocenters. The number of unbranched alkanes of at least 4 members (excludes halogenated alkanes) is 1. The molecule has 0 spiro atoms. The fourth-order valence-electron chi connectivity index (χ4n) is 1.88. The van der Waals surface area contributed by atoms with Crippen molar-refractivity contribution in [1.29, 1.82) is 0 Å². The molecular weight excluding hydrogens is 318 g/mol. The van der Waals surface area contributed by atoms with Gasteiger partial charge in [-0.05, 0) is 52.9 Å². The Balaban J connectivity index is 1.68. The van der Waals surface area contributed by atoms with Crippen LogP contribution in [0.15, 0.2) is 22.7 Å². The van der Waals surface area contributed by atoms with Gasteiger partial charge in [0.1, 0.15) is 12.4 Å². The predicted octanol–water partition coefficient (Wildman–Crippen LogP) is 3.90. The van der Waals surface area contributed by atoms with E-state index in [0.29, 0.717) is 13.2 Å². The summed E-state index contributed by atoms with van der Waals surface area (Å²) in [5.41, 5.74) is 1.29. The Hall–Kier alpha value is -0.580. The van der Waals surface area contributed by atoms with E-state index in [1.807, 2.05) is 6.07 Å². The molecule has 2 rings (SSSR count). The van der Waals surface area contributed by atoms with Crippen molar-refractivity contribution in [3.8, 4) is 5.75 Å². The number of ether oxygens (including phenoxy) is 2. The highest BCUT2D eigenvalue weighted by Gasteiger charge is 2.19. The second-order valence-corrected chi connectivity index (χ2v) is 6.09. The number of hydrogen-bond donors (Lipinski definition) is 1. The van der Waals surface area contributed by atoms with E-state index in [1.165, 1.54) is 24.8 Å². The Morgan fingerprint density at radius 1 is 1.25 bits per heavy atom. The molecule has 112 valence electrons. The van der Waals surface area contributed by atoms with Gasteiger partial charge in [0, 0.05) is 19.2 Å². The van der Waals surface area contributed by atoms with Crippen LogP contribution in [0.3, 0.4) is 0 Å². The van der Waals surface area contributed by atoms with Crippen LogP contribution in [-0.2, 0) is 11.3 Å². The fraction of sp³-hybridized carbons (Fsp3) is 0.625. The lowest BCUT2D eigenvalue weighted by atomic mass is 10.2. The van der Waals surface area contributed by atoms with E-state index in [0.717, 1.165) is 35.8 Å². The minimum Gasteiger partial charge on any atom is -0.490 e. The van der Waals surface area contributed by atoms with Crippen molar-refractivity contribution in [1.82, 2.24) is 5.32 Å². The Kier molecular flexibility index (Phi) is 6.83. The first-order valence-electron chi connectivity index (χ1n) is 7.52. The molecule has 0 atom stereocenters. The fourth-order valence-corrected chi connectivity index (χ4v) is 2.42. The molecule has 1 aromatic rings. The van der Waals surface area contributed by atoms with Crippen LogP contribution in [0.25, 0.3) is 0 Å². The van der Waals surface area contributed by atoms with Gasteiger partial charge in [-0.15, -0.1) is 0 Å². The van der Waals surface area contributed by atoms with Crippen molar-refractivity contribution in [2.45, 2.75) is 45.2 Å². The van der Waals surface area contributed by atoms with Gasteiger partial charge in [-0.3, -0.25) is 0 Å². The molecule has 0 radical (unpaired) electrons. The monoisotopic (exact) mass is 341 g/mol. The molecule has 0 saturated heterocycles. The predicted molar refractivity (Wildman–Crippen MR) is 85.2 cm³/mol. The molecule has 0 amide bonds. The van der Waals surface area contributed by atoms with Crippen molar-refractivity contribution in [2.75, 3.05) is 19.8 Å². The second-order valence-electron chi connectivity index (χ2n) is 5.23. The molecular formula is C16H24BrNO2. The Labute approximate surface area is 130 Å². The van der Waals surface area contributed by atoms with Gasteiger partial charge in [0.2, 0.25) is 0 Å². The Bertz CT molecular complexity index is 407. The van der Waals surface area contributed by atoms with E-state index < -0.39 is 0 Å². The molecule has 20 heavy (non-hydrogen) atoms. The van der Waals surface area contributed by atoms with Crippen molar-refractivity contribution in [3.05, 3.63) is 28.2 Å². The highest BCUT2D eigenvalue weighted by molar-refractivity contribution is 9.10. The van der Waals surface area contributed by atoms with Crippen molar-refractivity contribution in [3.63, 3.8) is 0 Å². The third-order valence-corrected chi connectivity index (χ3v) is 3.92. The number of nitrogens with one attached hydrogen (secondary N) is 1. The standard InChI is InChI=1S/C16H24BrNO2/c1-2-3-8-19-9-10-20-16-7-4-13(11-15(16)17)12-18-14-5-6-14/h4,7,11,14,18H,2-3,5-6,8-10,12H2,1H3. The van der Waals surface area contributed by atoms with Crippen molar-refractivity contribution >= 4 is 15.9 Å². The van der Waals surface area contributed by atoms with Gasteiger partial charge < -0.3 is 14.8 Å². The molecule has 0 heterocycles. The first-order valence-corrected chi connectivity index (χ1v) is 8.31. The summed E-state index contributed by atoms with van der Waals surface area (Å²) in [4.78, 5) is 0. The van der Waals surface area contributed by atoms with E-state index >= 15 is 0 Å². The number of halogens is 1. The molecule has 0 aromatic heterocycles. The smallest absolute Gasteiger partial charge is 0.133 e. The van der Waals surface area contributed by atoms with Gasteiger partial charge in [0.25, 0.3) is 0 Å². The summed E-state index contributed by atoms with van der Waals surface area (Å²) in [6.45, 7) is 5.17. The molecule has 1 saturated carbocycles. The zero-order valence-corrected chi connectivity index (χ0v) is 13.7. The molecule has 4 heteroatoms. The van der Waals surface area contributed by atoms with E-state index in [-0.39, 0.29) is 0 Å². The highest BCUT2D eigenvalue weighted by atomic mass is 79.9. The van der Waals surface area contributed by atoms with Gasteiger partial charge in [-0.25, -0.2) is 0 Å². The summed E-state index contributed by atoms with van der Waals surface area (Å²) < 4.78 is 12.2. The number of hydrogen-bond acceptors (Lipinski definition) is 3. The summed E-state index contributed by atoms with van der Waals surface area (Å²) in [7, 11) is 0. The average Bonchev–Trinajstić information content (AvgIpc) is 3.26. The Morgan fingerprint density at radius 3 is 2.80 bits per heavy atom. The molecule has 1 fully saturated rings. The van der Waals surface area contributed by atoms with E-state index in [1.54, 1.807) is 0 Å². The van der Waals surface area contributed by atoms with E-state index in [2.05, 4.69) is 40.3 Å². The van der Waals surface area contributed by atoms with Crippen LogP contribution >= 0.6 is 15.9 Å². The van der Waals surface area contributed by atoms with Crippen molar-refractivity contribution < 1.29 is 9.47 Å². The van der Waals surface area contributed by atoms with Gasteiger partial charge in [-0.2, -0.15) is 0 Å². The lowest BCUT2D eigenvalue weighted by Crippen LogP contribution is -2.15. The van der Waals surface area contributed by atoms with Crippen molar-refractivity contribution in [2.24, 2.45) is 0 Å². The molecule has 1 aromatic carbocycles. The molecule has 0 aliphatic heterocycles. The summed E-state index contributed by atoms with van der Waals surface area (Å²) in [6.07, 6.45) is 4.93. The van der Waals surface area contributed by atoms with E-state index in [4.69, 9.17) is 9.47 Å². The van der Waals surface area contributed by atoms with Crippen LogP contribution in [-0.4, -0.2) is 25.9 Å². The normalized spacial score (nSPS) is 14.5. The van der Waals surface area contributed by atoms with Gasteiger partial charge in [-0.1, -0.05) is 19.4 Å². The van der Waals surface area contributed by atoms with Crippen LogP contribution in [0.1, 0.15) is 38.2 Å². The molecule has 0 bridgehead atoms. The van der Waals surface area contributed by atoms with Gasteiger partial charge in [0.05, 0.1) is 11.1 Å². The maximum Gasteiger partial charge on any atom is 0.133 e. The zero-order chi connectivity index (χ0) is 14.2. The average molecular weight is 342 g/mol. The van der Waals surface area contributed by atoms with Crippen LogP contribution < -0.4 is 10.1 Å². The largest absolute Gasteiger partial charge is 0.490 e. The number of rotatable bonds is 10. The second kappa shape index (κ2) is 8.65. The third-order valence-electron chi connectivity index (χ3n) is 3.30. The SMILES string of the molecule is CCCCOCCOc1ccc(CNC2CC2)cc1Br. The topological polar surface area (TPSA) is 30.5 Å². The Morgan fingerprint density at radius 2 is 2.10 bits per heavy atom. The van der Waals surface area contributed by atoms with Gasteiger partial charge >= 0.3 is 0 Å².